The molecule has 0 atom stereocenters. The molecule has 0 spiro atoms. The number of rotatable bonds is 0. The molecule has 0 radical (unpaired) electrons. The van der Waals surface area contributed by atoms with Gasteiger partial charge in [0.2, 0.25) is 0 Å². The summed E-state index contributed by atoms with van der Waals surface area (Å²) in [6, 6.07) is 0. The van der Waals surface area contributed by atoms with E-state index in [0.29, 0.717) is 0 Å². The van der Waals surface area contributed by atoms with Gasteiger partial charge in [0, 0.05) is 19.5 Å². The van der Waals surface area contributed by atoms with Gasteiger partial charge in [-0.2, -0.15) is 0 Å². The fraction of sp³-hybridized carbons (Fsp3) is 0. The van der Waals surface area contributed by atoms with Crippen LogP contribution in [0.1, 0.15) is 0 Å². The first-order valence-corrected chi connectivity index (χ1v) is 1.95. The first kappa shape index (κ1) is 15.7. The van der Waals surface area contributed by atoms with Crippen LogP contribution in [0.15, 0.2) is 0 Å². The van der Waals surface area contributed by atoms with Crippen molar-refractivity contribution in [2.45, 2.75) is 0 Å². The molecule has 0 aliphatic rings. The van der Waals surface area contributed by atoms with Crippen molar-refractivity contribution < 1.29 is 33.5 Å². The Labute approximate surface area is 92.2 Å². The van der Waals surface area contributed by atoms with Crippen LogP contribution in [-0.4, -0.2) is 70.1 Å². The molecule has 0 saturated heterocycles. The van der Waals surface area contributed by atoms with Crippen LogP contribution in [-0.2, 0) is 23.9 Å². The molecule has 6 heteroatoms. The Balaban J connectivity index is -0.0000000450. The maximum atomic E-state index is 8.74. The molecular formula is H3KO3SiZn. The molecule has 0 amide bonds. The number of hydrogen-bond acceptors (Lipinski definition) is 1. The molecule has 0 fully saturated rings. The third-order valence-corrected chi connectivity index (χ3v) is 0. The Morgan fingerprint density at radius 1 is 1.33 bits per heavy atom. The minimum absolute atomic E-state index is 0. The van der Waals surface area contributed by atoms with Gasteiger partial charge in [0.05, 0.1) is 0 Å². The monoisotopic (exact) mass is 182 g/mol. The summed E-state index contributed by atoms with van der Waals surface area (Å²) in [5.41, 5.74) is 0. The maximum Gasteiger partial charge on any atom is 0 e. The van der Waals surface area contributed by atoms with E-state index in [2.05, 4.69) is 0 Å². The standard InChI is InChI=1S/K.H2O3Si.Zn.H/c;1-4(2)3;;/h;1-2H;;. The van der Waals surface area contributed by atoms with Crippen LogP contribution in [0.3, 0.4) is 0 Å². The first-order chi connectivity index (χ1) is 1.73. The van der Waals surface area contributed by atoms with Gasteiger partial charge in [0.25, 0.3) is 0 Å². The van der Waals surface area contributed by atoms with E-state index in [1.54, 1.807) is 0 Å². The zero-order valence-corrected chi connectivity index (χ0v) is 6.48. The quantitative estimate of drug-likeness (QED) is 0.417. The molecule has 0 aromatic heterocycles. The van der Waals surface area contributed by atoms with Gasteiger partial charge in [0.1, 0.15) is 0 Å². The second-order valence-corrected chi connectivity index (χ2v) is 0.848. The summed E-state index contributed by atoms with van der Waals surface area (Å²) >= 11 is 0. The predicted molar refractivity (Wildman–Crippen MR) is 18.0 cm³/mol. The third-order valence-electron chi connectivity index (χ3n) is 0. The van der Waals surface area contributed by atoms with E-state index >= 15 is 0 Å². The van der Waals surface area contributed by atoms with Crippen LogP contribution in [0.2, 0.25) is 0 Å². The first-order valence-electron chi connectivity index (χ1n) is 0.651. The second-order valence-electron chi connectivity index (χ2n) is 0.283. The van der Waals surface area contributed by atoms with E-state index in [1.807, 2.05) is 0 Å². The number of hydrogen-bond donors (Lipinski definition) is 2. The molecule has 0 aromatic carbocycles. The van der Waals surface area contributed by atoms with Gasteiger partial charge in [-0.25, -0.2) is 0 Å². The minimum Gasteiger partial charge on any atom is 0 e. The molecule has 0 heterocycles. The molecule has 0 aliphatic heterocycles. The van der Waals surface area contributed by atoms with Crippen LogP contribution in [0.25, 0.3) is 0 Å². The van der Waals surface area contributed by atoms with Crippen LogP contribution < -0.4 is 0 Å². The van der Waals surface area contributed by atoms with E-state index in [1.165, 1.54) is 0 Å². The Hall–Kier alpha value is 1.88. The summed E-state index contributed by atoms with van der Waals surface area (Å²) in [6.45, 7) is 0. The van der Waals surface area contributed by atoms with Crippen molar-refractivity contribution in [3.8, 4) is 0 Å². The Kier molecular flexibility index (Phi) is 26.1. The van der Waals surface area contributed by atoms with E-state index in [4.69, 9.17) is 14.1 Å². The summed E-state index contributed by atoms with van der Waals surface area (Å²) in [7, 11) is -3.13. The predicted octanol–water partition coefficient (Wildman–Crippen LogP) is -2.26. The molecule has 6 heavy (non-hydrogen) atoms. The molecular weight excluding hydrogens is 181 g/mol. The Morgan fingerprint density at radius 2 is 1.33 bits per heavy atom. The van der Waals surface area contributed by atoms with E-state index in [9.17, 15) is 0 Å². The van der Waals surface area contributed by atoms with Crippen molar-refractivity contribution >= 4 is 60.6 Å². The zero-order chi connectivity index (χ0) is 3.58. The zero-order valence-electron chi connectivity index (χ0n) is 2.51. The molecule has 2 N–H and O–H groups in total. The molecule has 0 aromatic rings. The SMILES string of the molecule is O=[Si](O)O.[KH].[Zn]. The van der Waals surface area contributed by atoms with Gasteiger partial charge in [-0.3, -0.25) is 4.46 Å². The topological polar surface area (TPSA) is 57.5 Å². The van der Waals surface area contributed by atoms with E-state index < -0.39 is 9.17 Å². The van der Waals surface area contributed by atoms with Crippen molar-refractivity contribution in [3.63, 3.8) is 0 Å². The fourth-order valence-electron chi connectivity index (χ4n) is 0. The van der Waals surface area contributed by atoms with Crippen molar-refractivity contribution in [1.82, 2.24) is 0 Å². The molecule has 0 aliphatic carbocycles. The van der Waals surface area contributed by atoms with E-state index in [0.717, 1.165) is 0 Å². The second kappa shape index (κ2) is 9.99. The van der Waals surface area contributed by atoms with Crippen LogP contribution >= 0.6 is 0 Å². The van der Waals surface area contributed by atoms with Gasteiger partial charge in [-0.1, -0.05) is 0 Å². The molecule has 3 nitrogen and oxygen atoms in total. The van der Waals surface area contributed by atoms with Crippen molar-refractivity contribution in [2.24, 2.45) is 0 Å². The summed E-state index contributed by atoms with van der Waals surface area (Å²) in [5, 5.41) is 0. The van der Waals surface area contributed by atoms with Gasteiger partial charge in [-0.05, 0) is 0 Å². The van der Waals surface area contributed by atoms with Crippen LogP contribution in [0.5, 0.6) is 0 Å². The minimum atomic E-state index is -3.13. The summed E-state index contributed by atoms with van der Waals surface area (Å²) in [4.78, 5) is 14.3. The smallest absolute Gasteiger partial charge is 0 e. The van der Waals surface area contributed by atoms with Gasteiger partial charge < -0.3 is 9.59 Å². The molecule has 0 rings (SSSR count). The maximum absolute atomic E-state index is 8.74. The summed E-state index contributed by atoms with van der Waals surface area (Å²) in [5.74, 6) is 0. The largest absolute Gasteiger partial charge is 0 e. The molecule has 28 valence electrons. The van der Waals surface area contributed by atoms with Gasteiger partial charge >= 0.3 is 60.6 Å². The molecule has 0 unspecified atom stereocenters. The average Bonchev–Trinajstić information content (AvgIpc) is 0.811. The summed E-state index contributed by atoms with van der Waals surface area (Å²) < 4.78 is 8.74. The average molecular weight is 184 g/mol. The normalized spacial score (nSPS) is 4.00. The van der Waals surface area contributed by atoms with Crippen LogP contribution in [0.4, 0.5) is 0 Å². The van der Waals surface area contributed by atoms with E-state index in [-0.39, 0.29) is 70.9 Å². The third kappa shape index (κ3) is 39.7. The molecule has 0 saturated carbocycles. The van der Waals surface area contributed by atoms with Gasteiger partial charge in [-0.15, -0.1) is 0 Å². The van der Waals surface area contributed by atoms with Crippen LogP contribution in [0, 0.1) is 0 Å². The van der Waals surface area contributed by atoms with Crippen molar-refractivity contribution in [3.05, 3.63) is 0 Å². The van der Waals surface area contributed by atoms with Gasteiger partial charge in [0.15, 0.2) is 0 Å². The summed E-state index contributed by atoms with van der Waals surface area (Å²) in [6.07, 6.45) is 0. The van der Waals surface area contributed by atoms with Crippen molar-refractivity contribution in [1.29, 1.82) is 0 Å². The van der Waals surface area contributed by atoms with Crippen molar-refractivity contribution in [2.75, 3.05) is 0 Å². The molecule has 0 bridgehead atoms. The Bertz CT molecular complexity index is 33.8. The fourth-order valence-corrected chi connectivity index (χ4v) is 0. The Morgan fingerprint density at radius 3 is 1.33 bits per heavy atom.